The molecule has 3 aromatic rings. The number of benzene rings is 2. The van der Waals surface area contributed by atoms with E-state index in [0.29, 0.717) is 5.95 Å². The quantitative estimate of drug-likeness (QED) is 0.557. The predicted molar refractivity (Wildman–Crippen MR) is 132 cm³/mol. The van der Waals surface area contributed by atoms with Gasteiger partial charge in [-0.2, -0.15) is 0 Å². The highest BCUT2D eigenvalue weighted by Crippen LogP contribution is 2.34. The fraction of sp³-hybridized carbons (Fsp3) is 0.346. The van der Waals surface area contributed by atoms with Gasteiger partial charge in [0.15, 0.2) is 0 Å². The maximum absolute atomic E-state index is 12.5. The number of carbonyl (C=O) groups excluding carboxylic acids is 1. The molecular weight excluding hydrogens is 430 g/mol. The Morgan fingerprint density at radius 1 is 1.15 bits per heavy atom. The monoisotopic (exact) mass is 459 g/mol. The van der Waals surface area contributed by atoms with E-state index in [4.69, 9.17) is 14.5 Å². The molecule has 1 amide bonds. The van der Waals surface area contributed by atoms with Crippen LogP contribution in [0.4, 0.5) is 17.3 Å². The number of aryl methyl sites for hydroxylation is 1. The molecule has 1 fully saturated rings. The van der Waals surface area contributed by atoms with Crippen molar-refractivity contribution in [3.05, 3.63) is 59.8 Å². The van der Waals surface area contributed by atoms with Crippen LogP contribution in [0.1, 0.15) is 17.5 Å². The third-order valence-electron chi connectivity index (χ3n) is 6.22. The average Bonchev–Trinajstić information content (AvgIpc) is 3.00. The third-order valence-corrected chi connectivity index (χ3v) is 6.22. The van der Waals surface area contributed by atoms with Gasteiger partial charge in [-0.1, -0.05) is 6.07 Å². The zero-order chi connectivity index (χ0) is 23.3. The highest BCUT2D eigenvalue weighted by atomic mass is 16.5. The van der Waals surface area contributed by atoms with Crippen LogP contribution in [0.5, 0.6) is 5.75 Å². The SMILES string of the molecule is COc1ccc(Nc2ncc3c(n2)-c2cc(CCCN4CCOCC4)ccc2NC(=O)C3)cc1. The molecule has 0 atom stereocenters. The number of fused-ring (bicyclic) bond motifs is 3. The highest BCUT2D eigenvalue weighted by Gasteiger charge is 2.21. The van der Waals surface area contributed by atoms with E-state index >= 15 is 0 Å². The molecule has 0 unspecified atom stereocenters. The molecule has 176 valence electrons. The van der Waals surface area contributed by atoms with Crippen LogP contribution in [0.2, 0.25) is 0 Å². The molecular formula is C26H29N5O3. The number of ether oxygens (including phenoxy) is 2. The molecule has 8 nitrogen and oxygen atoms in total. The Balaban J connectivity index is 1.37. The van der Waals surface area contributed by atoms with Crippen molar-refractivity contribution >= 4 is 23.2 Å². The summed E-state index contributed by atoms with van der Waals surface area (Å²) in [6.07, 6.45) is 4.04. The number of morpholine rings is 1. The summed E-state index contributed by atoms with van der Waals surface area (Å²) >= 11 is 0. The van der Waals surface area contributed by atoms with Crippen molar-refractivity contribution in [3.8, 4) is 17.0 Å². The number of rotatable bonds is 7. The van der Waals surface area contributed by atoms with Crippen LogP contribution in [0, 0.1) is 0 Å². The van der Waals surface area contributed by atoms with Gasteiger partial charge in [-0.15, -0.1) is 0 Å². The molecule has 8 heteroatoms. The van der Waals surface area contributed by atoms with E-state index in [1.54, 1.807) is 13.3 Å². The number of anilines is 3. The molecule has 0 bridgehead atoms. The molecule has 0 saturated carbocycles. The van der Waals surface area contributed by atoms with Crippen LogP contribution >= 0.6 is 0 Å². The summed E-state index contributed by atoms with van der Waals surface area (Å²) in [4.78, 5) is 24.2. The molecule has 2 aromatic carbocycles. The first-order valence-electron chi connectivity index (χ1n) is 11.7. The van der Waals surface area contributed by atoms with Gasteiger partial charge in [0.05, 0.1) is 38.1 Å². The largest absolute Gasteiger partial charge is 0.497 e. The minimum absolute atomic E-state index is 0.0560. The smallest absolute Gasteiger partial charge is 0.228 e. The molecule has 34 heavy (non-hydrogen) atoms. The summed E-state index contributed by atoms with van der Waals surface area (Å²) in [5, 5.41) is 6.28. The van der Waals surface area contributed by atoms with Crippen LogP contribution in [0.25, 0.3) is 11.3 Å². The van der Waals surface area contributed by atoms with Crippen molar-refractivity contribution in [3.63, 3.8) is 0 Å². The van der Waals surface area contributed by atoms with E-state index in [0.717, 1.165) is 79.6 Å². The predicted octanol–water partition coefficient (Wildman–Crippen LogP) is 3.66. The van der Waals surface area contributed by atoms with Gasteiger partial charge in [-0.3, -0.25) is 9.69 Å². The van der Waals surface area contributed by atoms with E-state index < -0.39 is 0 Å². The lowest BCUT2D eigenvalue weighted by molar-refractivity contribution is -0.115. The highest BCUT2D eigenvalue weighted by molar-refractivity contribution is 6.00. The number of hydrogen-bond acceptors (Lipinski definition) is 7. The molecule has 2 aliphatic heterocycles. The molecule has 2 aliphatic rings. The zero-order valence-corrected chi connectivity index (χ0v) is 19.3. The maximum Gasteiger partial charge on any atom is 0.228 e. The molecule has 2 N–H and O–H groups in total. The van der Waals surface area contributed by atoms with E-state index in [1.807, 2.05) is 30.3 Å². The maximum atomic E-state index is 12.5. The van der Waals surface area contributed by atoms with Gasteiger partial charge in [0.2, 0.25) is 11.9 Å². The Labute approximate surface area is 199 Å². The number of carbonyl (C=O) groups is 1. The summed E-state index contributed by atoms with van der Waals surface area (Å²) in [7, 11) is 1.64. The van der Waals surface area contributed by atoms with Gasteiger partial charge in [-0.05, 0) is 61.3 Å². The second kappa shape index (κ2) is 10.2. The minimum Gasteiger partial charge on any atom is -0.497 e. The Bertz CT molecular complexity index is 1160. The van der Waals surface area contributed by atoms with E-state index in [2.05, 4.69) is 32.7 Å². The van der Waals surface area contributed by atoms with Gasteiger partial charge in [0, 0.05) is 36.1 Å². The number of hydrogen-bond donors (Lipinski definition) is 2. The number of nitrogens with one attached hydrogen (secondary N) is 2. The van der Waals surface area contributed by atoms with Crippen molar-refractivity contribution in [1.82, 2.24) is 14.9 Å². The molecule has 0 radical (unpaired) electrons. The van der Waals surface area contributed by atoms with Gasteiger partial charge >= 0.3 is 0 Å². The van der Waals surface area contributed by atoms with Crippen molar-refractivity contribution in [2.45, 2.75) is 19.3 Å². The van der Waals surface area contributed by atoms with Gasteiger partial charge in [0.1, 0.15) is 5.75 Å². The van der Waals surface area contributed by atoms with Crippen molar-refractivity contribution < 1.29 is 14.3 Å². The van der Waals surface area contributed by atoms with Gasteiger partial charge < -0.3 is 20.1 Å². The lowest BCUT2D eigenvalue weighted by Crippen LogP contribution is -2.36. The van der Waals surface area contributed by atoms with Crippen molar-refractivity contribution in [1.29, 1.82) is 0 Å². The summed E-state index contributed by atoms with van der Waals surface area (Å²) in [6.45, 7) is 4.71. The number of amides is 1. The summed E-state index contributed by atoms with van der Waals surface area (Å²) in [5.74, 6) is 1.22. The summed E-state index contributed by atoms with van der Waals surface area (Å²) in [5.41, 5.74) is 5.43. The van der Waals surface area contributed by atoms with Crippen LogP contribution in [-0.2, 0) is 22.4 Å². The molecule has 5 rings (SSSR count). The minimum atomic E-state index is -0.0560. The first kappa shape index (κ1) is 22.3. The second-order valence-corrected chi connectivity index (χ2v) is 8.58. The Kier molecular flexibility index (Phi) is 6.69. The van der Waals surface area contributed by atoms with Crippen molar-refractivity contribution in [2.24, 2.45) is 0 Å². The lowest BCUT2D eigenvalue weighted by Gasteiger charge is -2.26. The fourth-order valence-corrected chi connectivity index (χ4v) is 4.38. The summed E-state index contributed by atoms with van der Waals surface area (Å²) < 4.78 is 10.7. The second-order valence-electron chi connectivity index (χ2n) is 8.58. The standard InChI is InChI=1S/C26H29N5O3/c1-33-21-7-5-20(6-8-21)28-26-27-17-19-16-24(32)29-23-9-4-18(15-22(23)25(19)30-26)3-2-10-31-11-13-34-14-12-31/h4-9,15,17H,2-3,10-14,16H2,1H3,(H,29,32)(H,27,28,30). The van der Waals surface area contributed by atoms with E-state index in [9.17, 15) is 4.79 Å². The molecule has 0 aliphatic carbocycles. The normalized spacial score (nSPS) is 15.6. The van der Waals surface area contributed by atoms with E-state index in [1.165, 1.54) is 5.56 Å². The zero-order valence-electron chi connectivity index (χ0n) is 19.3. The Morgan fingerprint density at radius 2 is 1.97 bits per heavy atom. The number of nitrogens with zero attached hydrogens (tertiary/aromatic N) is 3. The summed E-state index contributed by atoms with van der Waals surface area (Å²) in [6, 6.07) is 13.8. The van der Waals surface area contributed by atoms with E-state index in [-0.39, 0.29) is 12.3 Å². The Hall–Kier alpha value is -3.49. The van der Waals surface area contributed by atoms with Gasteiger partial charge in [0.25, 0.3) is 0 Å². The Morgan fingerprint density at radius 3 is 2.76 bits per heavy atom. The third kappa shape index (κ3) is 5.18. The first-order chi connectivity index (χ1) is 16.7. The average molecular weight is 460 g/mol. The first-order valence-corrected chi connectivity index (χ1v) is 11.7. The van der Waals surface area contributed by atoms with Crippen LogP contribution in [-0.4, -0.2) is 60.7 Å². The fourth-order valence-electron chi connectivity index (χ4n) is 4.38. The number of methoxy groups -OCH3 is 1. The van der Waals surface area contributed by atoms with Gasteiger partial charge in [-0.25, -0.2) is 9.97 Å². The van der Waals surface area contributed by atoms with Crippen molar-refractivity contribution in [2.75, 3.05) is 50.6 Å². The molecule has 1 saturated heterocycles. The lowest BCUT2D eigenvalue weighted by atomic mass is 10.00. The molecule has 1 aromatic heterocycles. The molecule has 3 heterocycles. The van der Waals surface area contributed by atoms with Crippen LogP contribution in [0.3, 0.4) is 0 Å². The molecule has 0 spiro atoms. The van der Waals surface area contributed by atoms with Crippen LogP contribution in [0.15, 0.2) is 48.7 Å². The van der Waals surface area contributed by atoms with Crippen LogP contribution < -0.4 is 15.4 Å². The topological polar surface area (TPSA) is 88.6 Å². The number of aromatic nitrogens is 2.